The first kappa shape index (κ1) is 26.1. The van der Waals surface area contributed by atoms with Crippen molar-refractivity contribution in [2.45, 2.75) is 13.0 Å². The number of primary amides is 1. The van der Waals surface area contributed by atoms with Crippen LogP contribution in [0.4, 0.5) is 32.0 Å². The van der Waals surface area contributed by atoms with Gasteiger partial charge in [-0.05, 0) is 36.4 Å². The number of carbonyl (C=O) groups is 2. The van der Waals surface area contributed by atoms with E-state index in [4.69, 9.17) is 15.2 Å². The van der Waals surface area contributed by atoms with Crippen molar-refractivity contribution in [1.82, 2.24) is 4.98 Å². The molecule has 0 saturated carbocycles. The van der Waals surface area contributed by atoms with E-state index in [1.165, 1.54) is 6.07 Å². The summed E-state index contributed by atoms with van der Waals surface area (Å²) in [5, 5.41) is 2.27. The minimum atomic E-state index is -5.20. The number of halogens is 6. The average Bonchev–Trinajstić information content (AvgIpc) is 2.80. The lowest BCUT2D eigenvalue weighted by Gasteiger charge is -2.17. The number of hydrogen-bond acceptors (Lipinski definition) is 6. The zero-order valence-electron chi connectivity index (χ0n) is 18.1. The van der Waals surface area contributed by atoms with Crippen LogP contribution in [0.2, 0.25) is 0 Å². The number of hydrogen-bond donors (Lipinski definition) is 2. The third-order valence-corrected chi connectivity index (χ3v) is 4.50. The minimum Gasteiger partial charge on any atom is -0.490 e. The van der Waals surface area contributed by atoms with Crippen molar-refractivity contribution in [3.63, 3.8) is 0 Å². The standard InChI is InChI=1S/C22H15F6N3O5/c1-34-19-15(5-4-14(18(19)25)36-22(26,27)28)35-13-3-2-10(9-23)17(24)16(13)21(33)31-11-6-7-30-12(8-11)20(29)32/h2-8H,9H2,1H3,(H2,29,32)(H,30,31,33). The summed E-state index contributed by atoms with van der Waals surface area (Å²) in [6.07, 6.45) is -4.06. The molecular formula is C22H15F6N3O5. The lowest BCUT2D eigenvalue weighted by molar-refractivity contribution is -0.275. The molecule has 1 heterocycles. The lowest BCUT2D eigenvalue weighted by Crippen LogP contribution is -2.18. The number of benzene rings is 2. The van der Waals surface area contributed by atoms with Gasteiger partial charge in [0, 0.05) is 17.4 Å². The molecule has 3 N–H and O–H groups in total. The number of amides is 2. The van der Waals surface area contributed by atoms with E-state index in [1.54, 1.807) is 0 Å². The predicted octanol–water partition coefficient (Wildman–Crippen LogP) is 4.88. The maximum Gasteiger partial charge on any atom is 0.573 e. The zero-order chi connectivity index (χ0) is 26.6. The molecule has 2 aromatic carbocycles. The molecule has 3 rings (SSSR count). The van der Waals surface area contributed by atoms with Gasteiger partial charge in [-0.25, -0.2) is 8.78 Å². The van der Waals surface area contributed by atoms with Gasteiger partial charge in [-0.2, -0.15) is 4.39 Å². The lowest BCUT2D eigenvalue weighted by atomic mass is 10.1. The molecule has 36 heavy (non-hydrogen) atoms. The SMILES string of the molecule is COc1c(Oc2ccc(CF)c(F)c2C(=O)Nc2ccnc(C(N)=O)c2)ccc(OC(F)(F)F)c1F. The number of alkyl halides is 4. The number of nitrogens with one attached hydrogen (secondary N) is 1. The molecule has 8 nitrogen and oxygen atoms in total. The number of anilines is 1. The number of nitrogens with two attached hydrogens (primary N) is 1. The number of nitrogens with zero attached hydrogens (tertiary/aromatic N) is 1. The second-order valence-corrected chi connectivity index (χ2v) is 6.85. The first-order valence-corrected chi connectivity index (χ1v) is 9.69. The van der Waals surface area contributed by atoms with E-state index in [0.29, 0.717) is 6.07 Å². The Kier molecular flexibility index (Phi) is 7.56. The van der Waals surface area contributed by atoms with E-state index in [0.717, 1.165) is 37.6 Å². The molecule has 190 valence electrons. The van der Waals surface area contributed by atoms with Crippen LogP contribution < -0.4 is 25.3 Å². The highest BCUT2D eigenvalue weighted by Gasteiger charge is 2.34. The molecule has 14 heteroatoms. The fourth-order valence-corrected chi connectivity index (χ4v) is 2.95. The second-order valence-electron chi connectivity index (χ2n) is 6.85. The van der Waals surface area contributed by atoms with Crippen LogP contribution in [0.3, 0.4) is 0 Å². The third kappa shape index (κ3) is 5.76. The first-order chi connectivity index (χ1) is 16.9. The molecule has 2 amide bonds. The Morgan fingerprint density at radius 2 is 1.69 bits per heavy atom. The van der Waals surface area contributed by atoms with Gasteiger partial charge in [0.25, 0.3) is 11.8 Å². The Balaban J connectivity index is 2.03. The number of methoxy groups -OCH3 is 1. The molecule has 0 bridgehead atoms. The molecule has 0 saturated heterocycles. The highest BCUT2D eigenvalue weighted by atomic mass is 19.4. The molecule has 0 aliphatic carbocycles. The third-order valence-electron chi connectivity index (χ3n) is 4.50. The van der Waals surface area contributed by atoms with Crippen LogP contribution in [0.15, 0.2) is 42.6 Å². The fraction of sp³-hybridized carbons (Fsp3) is 0.136. The van der Waals surface area contributed by atoms with Gasteiger partial charge in [0.2, 0.25) is 11.6 Å². The maximum atomic E-state index is 15.0. The van der Waals surface area contributed by atoms with Gasteiger partial charge in [0.15, 0.2) is 11.5 Å². The molecule has 0 aliphatic heterocycles. The minimum absolute atomic E-state index is 0.0305. The Morgan fingerprint density at radius 3 is 2.31 bits per heavy atom. The van der Waals surface area contributed by atoms with Crippen LogP contribution in [0, 0.1) is 11.6 Å². The Hall–Kier alpha value is -4.49. The monoisotopic (exact) mass is 515 g/mol. The van der Waals surface area contributed by atoms with Crippen LogP contribution in [0.25, 0.3) is 0 Å². The number of carbonyl (C=O) groups excluding carboxylic acids is 2. The average molecular weight is 515 g/mol. The van der Waals surface area contributed by atoms with Crippen LogP contribution in [0.1, 0.15) is 26.4 Å². The van der Waals surface area contributed by atoms with E-state index in [-0.39, 0.29) is 11.4 Å². The summed E-state index contributed by atoms with van der Waals surface area (Å²) < 4.78 is 94.0. The topological polar surface area (TPSA) is 113 Å². The molecule has 3 aromatic rings. The summed E-state index contributed by atoms with van der Waals surface area (Å²) in [5.74, 6) is -8.18. The summed E-state index contributed by atoms with van der Waals surface area (Å²) >= 11 is 0. The van der Waals surface area contributed by atoms with E-state index in [9.17, 15) is 35.9 Å². The normalized spacial score (nSPS) is 11.1. The van der Waals surface area contributed by atoms with Crippen molar-refractivity contribution in [1.29, 1.82) is 0 Å². The van der Waals surface area contributed by atoms with Gasteiger partial charge >= 0.3 is 6.36 Å². The Bertz CT molecular complexity index is 1320. The maximum absolute atomic E-state index is 15.0. The van der Waals surface area contributed by atoms with Gasteiger partial charge in [-0.1, -0.05) is 0 Å². The summed E-state index contributed by atoms with van der Waals surface area (Å²) in [6.45, 7) is -1.30. The highest BCUT2D eigenvalue weighted by Crippen LogP contribution is 2.41. The first-order valence-electron chi connectivity index (χ1n) is 9.69. The van der Waals surface area contributed by atoms with Crippen LogP contribution in [-0.4, -0.2) is 30.3 Å². The fourth-order valence-electron chi connectivity index (χ4n) is 2.95. The molecule has 0 atom stereocenters. The quantitative estimate of drug-likeness (QED) is 0.414. The van der Waals surface area contributed by atoms with E-state index < -0.39 is 70.6 Å². The van der Waals surface area contributed by atoms with E-state index in [1.807, 2.05) is 0 Å². The molecular weight excluding hydrogens is 500 g/mol. The smallest absolute Gasteiger partial charge is 0.490 e. The molecule has 0 fully saturated rings. The molecule has 0 radical (unpaired) electrons. The second kappa shape index (κ2) is 10.4. The number of pyridine rings is 1. The number of rotatable bonds is 8. The van der Waals surface area contributed by atoms with Crippen molar-refractivity contribution in [3.05, 3.63) is 71.1 Å². The summed E-state index contributed by atoms with van der Waals surface area (Å²) in [7, 11) is 0.919. The summed E-state index contributed by atoms with van der Waals surface area (Å²) in [5.41, 5.74) is 3.53. The van der Waals surface area contributed by atoms with E-state index in [2.05, 4.69) is 15.0 Å². The Morgan fingerprint density at radius 1 is 1.03 bits per heavy atom. The predicted molar refractivity (Wildman–Crippen MR) is 112 cm³/mol. The van der Waals surface area contributed by atoms with Crippen molar-refractivity contribution in [3.8, 4) is 23.0 Å². The summed E-state index contributed by atoms with van der Waals surface area (Å²) in [6, 6.07) is 5.69. The van der Waals surface area contributed by atoms with Crippen molar-refractivity contribution in [2.75, 3.05) is 12.4 Å². The van der Waals surface area contributed by atoms with Gasteiger partial charge in [0.05, 0.1) is 7.11 Å². The van der Waals surface area contributed by atoms with Crippen molar-refractivity contribution >= 4 is 17.5 Å². The van der Waals surface area contributed by atoms with Gasteiger partial charge in [0.1, 0.15) is 29.5 Å². The van der Waals surface area contributed by atoms with Crippen molar-refractivity contribution < 1.29 is 50.1 Å². The molecule has 0 spiro atoms. The van der Waals surface area contributed by atoms with Gasteiger partial charge in [-0.3, -0.25) is 14.6 Å². The zero-order valence-corrected chi connectivity index (χ0v) is 18.1. The highest BCUT2D eigenvalue weighted by molar-refractivity contribution is 6.07. The summed E-state index contributed by atoms with van der Waals surface area (Å²) in [4.78, 5) is 27.9. The number of ether oxygens (including phenoxy) is 3. The Labute approximate surface area is 198 Å². The molecule has 1 aromatic heterocycles. The largest absolute Gasteiger partial charge is 0.573 e. The molecule has 0 unspecified atom stereocenters. The van der Waals surface area contributed by atoms with Crippen LogP contribution in [-0.2, 0) is 6.67 Å². The van der Waals surface area contributed by atoms with Gasteiger partial charge in [-0.15, -0.1) is 13.2 Å². The van der Waals surface area contributed by atoms with E-state index >= 15 is 0 Å². The molecule has 0 aliphatic rings. The van der Waals surface area contributed by atoms with Gasteiger partial charge < -0.3 is 25.3 Å². The van der Waals surface area contributed by atoms with Crippen LogP contribution >= 0.6 is 0 Å². The number of aromatic nitrogens is 1. The van der Waals surface area contributed by atoms with Crippen molar-refractivity contribution in [2.24, 2.45) is 5.73 Å². The van der Waals surface area contributed by atoms with Crippen LogP contribution in [0.5, 0.6) is 23.0 Å².